The van der Waals surface area contributed by atoms with Crippen LogP contribution in [0.5, 0.6) is 0 Å². The highest BCUT2D eigenvalue weighted by Crippen LogP contribution is 2.39. The molecule has 8 heavy (non-hydrogen) atoms. The van der Waals surface area contributed by atoms with Crippen molar-refractivity contribution in [2.45, 2.75) is 0 Å². The number of hydrogen-bond acceptors (Lipinski definition) is 1. The van der Waals surface area contributed by atoms with Gasteiger partial charge in [-0.25, -0.2) is 0 Å². The second-order valence-corrected chi connectivity index (χ2v) is 2.55. The first kappa shape index (κ1) is 5.79. The SMILES string of the molecule is Brc1cc2ccc1-2.N. The molecule has 2 rings (SSSR count). The van der Waals surface area contributed by atoms with E-state index in [0.717, 1.165) is 0 Å². The smallest absolute Gasteiger partial charge is 0.0259 e. The summed E-state index contributed by atoms with van der Waals surface area (Å²) in [5.41, 5.74) is 2.78. The Balaban J connectivity index is 0.000000320. The van der Waals surface area contributed by atoms with Gasteiger partial charge in [0.1, 0.15) is 0 Å². The molecule has 0 radical (unpaired) electrons. The molecular weight excluding hydrogens is 166 g/mol. The van der Waals surface area contributed by atoms with Crippen LogP contribution in [-0.2, 0) is 0 Å². The van der Waals surface area contributed by atoms with E-state index in [2.05, 4.69) is 34.1 Å². The minimum absolute atomic E-state index is 0. The molecule has 42 valence electrons. The molecule has 0 aromatic heterocycles. The van der Waals surface area contributed by atoms with E-state index in [4.69, 9.17) is 0 Å². The van der Waals surface area contributed by atoms with Crippen molar-refractivity contribution in [2.75, 3.05) is 0 Å². The van der Waals surface area contributed by atoms with Crippen LogP contribution >= 0.6 is 15.9 Å². The fourth-order valence-electron chi connectivity index (χ4n) is 0.743. The highest BCUT2D eigenvalue weighted by atomic mass is 79.9. The van der Waals surface area contributed by atoms with Crippen molar-refractivity contribution >= 4 is 15.9 Å². The molecule has 2 aliphatic carbocycles. The Bertz CT molecular complexity index is 220. The van der Waals surface area contributed by atoms with Gasteiger partial charge in [0.2, 0.25) is 0 Å². The Labute approximate surface area is 56.4 Å². The van der Waals surface area contributed by atoms with Crippen molar-refractivity contribution in [3.05, 3.63) is 22.7 Å². The fourth-order valence-corrected chi connectivity index (χ4v) is 1.35. The highest BCUT2D eigenvalue weighted by molar-refractivity contribution is 9.10. The molecule has 0 fully saturated rings. The lowest BCUT2D eigenvalue weighted by molar-refractivity contribution is 1.50. The van der Waals surface area contributed by atoms with Crippen LogP contribution in [0, 0.1) is 0 Å². The first-order valence-corrected chi connectivity index (χ1v) is 2.97. The minimum Gasteiger partial charge on any atom is -0.344 e. The van der Waals surface area contributed by atoms with Gasteiger partial charge >= 0.3 is 0 Å². The van der Waals surface area contributed by atoms with E-state index in [1.165, 1.54) is 15.6 Å². The van der Waals surface area contributed by atoms with Gasteiger partial charge in [0.05, 0.1) is 0 Å². The molecule has 0 bridgehead atoms. The fraction of sp³-hybridized carbons (Fsp3) is 0. The molecule has 0 unspecified atom stereocenters. The number of benzene rings is 1. The first-order valence-electron chi connectivity index (χ1n) is 2.18. The molecule has 2 aliphatic rings. The van der Waals surface area contributed by atoms with Crippen molar-refractivity contribution in [3.63, 3.8) is 0 Å². The summed E-state index contributed by atoms with van der Waals surface area (Å²) >= 11 is 3.37. The van der Waals surface area contributed by atoms with Gasteiger partial charge in [-0.3, -0.25) is 0 Å². The largest absolute Gasteiger partial charge is 0.344 e. The second-order valence-electron chi connectivity index (χ2n) is 1.69. The van der Waals surface area contributed by atoms with E-state index >= 15 is 0 Å². The van der Waals surface area contributed by atoms with Gasteiger partial charge in [0, 0.05) is 4.47 Å². The molecule has 0 saturated heterocycles. The van der Waals surface area contributed by atoms with Gasteiger partial charge in [-0.2, -0.15) is 0 Å². The molecule has 0 aliphatic heterocycles. The molecule has 0 aromatic rings. The Hall–Kier alpha value is -0.340. The zero-order chi connectivity index (χ0) is 4.85. The normalized spacial score (nSPS) is 10.1. The molecule has 3 N–H and O–H groups in total. The molecule has 2 heteroatoms. The van der Waals surface area contributed by atoms with Crippen LogP contribution in [0.1, 0.15) is 0 Å². The molecule has 0 spiro atoms. The van der Waals surface area contributed by atoms with Crippen LogP contribution < -0.4 is 6.15 Å². The quantitative estimate of drug-likeness (QED) is 0.651. The van der Waals surface area contributed by atoms with Crippen LogP contribution in [0.4, 0.5) is 0 Å². The zero-order valence-corrected chi connectivity index (χ0v) is 5.90. The van der Waals surface area contributed by atoms with Gasteiger partial charge < -0.3 is 6.15 Å². The summed E-state index contributed by atoms with van der Waals surface area (Å²) in [6, 6.07) is 6.34. The van der Waals surface area contributed by atoms with E-state index in [1.807, 2.05) is 0 Å². The predicted octanol–water partition coefficient (Wildman–Crippen LogP) is 2.59. The van der Waals surface area contributed by atoms with Gasteiger partial charge in [-0.1, -0.05) is 28.1 Å². The Morgan fingerprint density at radius 3 is 2.00 bits per heavy atom. The van der Waals surface area contributed by atoms with Crippen LogP contribution in [0.15, 0.2) is 22.7 Å². The summed E-state index contributed by atoms with van der Waals surface area (Å²) < 4.78 is 1.25. The average molecular weight is 172 g/mol. The lowest BCUT2D eigenvalue weighted by Gasteiger charge is -2.15. The van der Waals surface area contributed by atoms with E-state index in [-0.39, 0.29) is 6.15 Å². The second kappa shape index (κ2) is 1.57. The van der Waals surface area contributed by atoms with Crippen molar-refractivity contribution in [3.8, 4) is 11.1 Å². The standard InChI is InChI=1S/C6H3Br.H3N/c7-6-3-4-1-2-5(4)6;/h1-3H;1H3. The molecule has 1 nitrogen and oxygen atoms in total. The van der Waals surface area contributed by atoms with Gasteiger partial charge in [-0.15, -0.1) is 0 Å². The third-order valence-corrected chi connectivity index (χ3v) is 1.94. The Morgan fingerprint density at radius 1 is 1.25 bits per heavy atom. The van der Waals surface area contributed by atoms with Crippen molar-refractivity contribution in [2.24, 2.45) is 0 Å². The summed E-state index contributed by atoms with van der Waals surface area (Å²) in [6.45, 7) is 0. The van der Waals surface area contributed by atoms with Crippen molar-refractivity contribution in [1.29, 1.82) is 0 Å². The van der Waals surface area contributed by atoms with E-state index < -0.39 is 0 Å². The van der Waals surface area contributed by atoms with Crippen LogP contribution in [-0.4, -0.2) is 0 Å². The topological polar surface area (TPSA) is 35.0 Å². The average Bonchev–Trinajstić information content (AvgIpc) is 1.59. The maximum absolute atomic E-state index is 3.37. The maximum atomic E-state index is 3.37. The minimum atomic E-state index is 0. The first-order chi connectivity index (χ1) is 3.38. The lowest BCUT2D eigenvalue weighted by atomic mass is 9.94. The van der Waals surface area contributed by atoms with Crippen molar-refractivity contribution in [1.82, 2.24) is 6.15 Å². The molecule has 0 heterocycles. The van der Waals surface area contributed by atoms with Gasteiger partial charge in [-0.05, 0) is 17.2 Å². The summed E-state index contributed by atoms with van der Waals surface area (Å²) in [7, 11) is 0. The molecule has 0 amide bonds. The molecule has 0 saturated carbocycles. The van der Waals surface area contributed by atoms with Gasteiger partial charge in [0.15, 0.2) is 0 Å². The van der Waals surface area contributed by atoms with Crippen molar-refractivity contribution < 1.29 is 0 Å². The number of fused-ring (bicyclic) bond motifs is 1. The van der Waals surface area contributed by atoms with Crippen LogP contribution in [0.3, 0.4) is 0 Å². The lowest BCUT2D eigenvalue weighted by Crippen LogP contribution is -1.89. The number of rotatable bonds is 0. The highest BCUT2D eigenvalue weighted by Gasteiger charge is 2.12. The molecular formula is C6H6BrN. The summed E-state index contributed by atoms with van der Waals surface area (Å²) in [4.78, 5) is 0. The van der Waals surface area contributed by atoms with E-state index in [0.29, 0.717) is 0 Å². The third kappa shape index (κ3) is 0.443. The zero-order valence-electron chi connectivity index (χ0n) is 4.32. The molecule has 0 aromatic carbocycles. The summed E-state index contributed by atoms with van der Waals surface area (Å²) in [6.07, 6.45) is 0. The third-order valence-electron chi connectivity index (χ3n) is 1.28. The monoisotopic (exact) mass is 171 g/mol. The number of halogens is 1. The Morgan fingerprint density at radius 2 is 2.00 bits per heavy atom. The number of hydrogen-bond donors (Lipinski definition) is 1. The summed E-state index contributed by atoms with van der Waals surface area (Å²) in [5, 5.41) is 0. The van der Waals surface area contributed by atoms with Crippen LogP contribution in [0.2, 0.25) is 0 Å². The summed E-state index contributed by atoms with van der Waals surface area (Å²) in [5.74, 6) is 0. The van der Waals surface area contributed by atoms with Gasteiger partial charge in [0.25, 0.3) is 0 Å². The van der Waals surface area contributed by atoms with Crippen LogP contribution in [0.25, 0.3) is 11.1 Å². The predicted molar refractivity (Wildman–Crippen MR) is 38.2 cm³/mol. The van der Waals surface area contributed by atoms with E-state index in [9.17, 15) is 0 Å². The molecule has 0 atom stereocenters. The Kier molecular flexibility index (Phi) is 1.14. The van der Waals surface area contributed by atoms with E-state index in [1.54, 1.807) is 0 Å². The maximum Gasteiger partial charge on any atom is 0.0259 e.